The third-order valence-corrected chi connectivity index (χ3v) is 3.02. The third kappa shape index (κ3) is 1.40. The van der Waals surface area contributed by atoms with Gasteiger partial charge in [0.05, 0.1) is 10.1 Å². The van der Waals surface area contributed by atoms with E-state index in [0.29, 0.717) is 5.92 Å². The molecule has 0 saturated heterocycles. The van der Waals surface area contributed by atoms with Crippen molar-refractivity contribution in [1.29, 1.82) is 0 Å². The van der Waals surface area contributed by atoms with Crippen LogP contribution in [-0.4, -0.2) is 4.37 Å². The molecule has 0 aliphatic heterocycles. The first kappa shape index (κ1) is 8.51. The molecule has 1 heterocycles. The second-order valence-electron chi connectivity index (χ2n) is 3.44. The maximum absolute atomic E-state index is 11.2. The van der Waals surface area contributed by atoms with Gasteiger partial charge in [0.25, 0.3) is 5.56 Å². The molecule has 1 aromatic heterocycles. The van der Waals surface area contributed by atoms with Gasteiger partial charge in [0.2, 0.25) is 0 Å². The van der Waals surface area contributed by atoms with Crippen LogP contribution in [0.2, 0.25) is 0 Å². The molecule has 0 radical (unpaired) electrons. The molecule has 0 atom stereocenters. The summed E-state index contributed by atoms with van der Waals surface area (Å²) in [4.78, 5) is 11.2. The SMILES string of the molecule is CC(C)c1ccc2c(=O)[nH]sc2c1. The van der Waals surface area contributed by atoms with Crippen LogP contribution in [0.3, 0.4) is 0 Å². The fraction of sp³-hybridized carbons (Fsp3) is 0.300. The zero-order valence-electron chi connectivity index (χ0n) is 7.63. The minimum Gasteiger partial charge on any atom is -0.277 e. The lowest BCUT2D eigenvalue weighted by Gasteiger charge is -2.03. The van der Waals surface area contributed by atoms with Gasteiger partial charge in [-0.1, -0.05) is 31.4 Å². The topological polar surface area (TPSA) is 32.9 Å². The number of hydrogen-bond acceptors (Lipinski definition) is 2. The van der Waals surface area contributed by atoms with Crippen LogP contribution in [0.15, 0.2) is 23.0 Å². The van der Waals surface area contributed by atoms with Gasteiger partial charge in [0.1, 0.15) is 0 Å². The summed E-state index contributed by atoms with van der Waals surface area (Å²) in [6, 6.07) is 6.01. The van der Waals surface area contributed by atoms with Gasteiger partial charge >= 0.3 is 0 Å². The Morgan fingerprint density at radius 2 is 2.15 bits per heavy atom. The monoisotopic (exact) mass is 193 g/mol. The quantitative estimate of drug-likeness (QED) is 0.742. The van der Waals surface area contributed by atoms with Crippen LogP contribution in [0, 0.1) is 0 Å². The molecule has 0 saturated carbocycles. The minimum absolute atomic E-state index is 0.0234. The van der Waals surface area contributed by atoms with Crippen LogP contribution in [0.4, 0.5) is 0 Å². The molecule has 2 nitrogen and oxygen atoms in total. The smallest absolute Gasteiger partial charge is 0.265 e. The van der Waals surface area contributed by atoms with Crippen LogP contribution in [0.25, 0.3) is 10.1 Å². The van der Waals surface area contributed by atoms with Crippen molar-refractivity contribution in [3.63, 3.8) is 0 Å². The van der Waals surface area contributed by atoms with Gasteiger partial charge in [-0.3, -0.25) is 9.17 Å². The third-order valence-electron chi connectivity index (χ3n) is 2.17. The summed E-state index contributed by atoms with van der Waals surface area (Å²) < 4.78 is 3.78. The lowest BCUT2D eigenvalue weighted by molar-refractivity contribution is 0.869. The Morgan fingerprint density at radius 1 is 1.38 bits per heavy atom. The number of fused-ring (bicyclic) bond motifs is 1. The molecule has 0 aliphatic carbocycles. The molecule has 13 heavy (non-hydrogen) atoms. The Kier molecular flexibility index (Phi) is 1.96. The zero-order chi connectivity index (χ0) is 9.42. The molecule has 0 aliphatic rings. The van der Waals surface area contributed by atoms with Crippen molar-refractivity contribution in [1.82, 2.24) is 4.37 Å². The van der Waals surface area contributed by atoms with Crippen molar-refractivity contribution in [2.75, 3.05) is 0 Å². The second kappa shape index (κ2) is 3.00. The Bertz CT molecular complexity index is 481. The summed E-state index contributed by atoms with van der Waals surface area (Å²) in [7, 11) is 0. The molecule has 0 bridgehead atoms. The number of hydrogen-bond donors (Lipinski definition) is 1. The summed E-state index contributed by atoms with van der Waals surface area (Å²) in [6.07, 6.45) is 0. The first-order chi connectivity index (χ1) is 6.18. The summed E-state index contributed by atoms with van der Waals surface area (Å²) >= 11 is 1.41. The van der Waals surface area contributed by atoms with E-state index in [1.807, 2.05) is 12.1 Å². The lowest BCUT2D eigenvalue weighted by Crippen LogP contribution is -1.96. The van der Waals surface area contributed by atoms with Crippen LogP contribution >= 0.6 is 11.5 Å². The van der Waals surface area contributed by atoms with Crippen LogP contribution < -0.4 is 5.56 Å². The van der Waals surface area contributed by atoms with Gasteiger partial charge < -0.3 is 0 Å². The highest BCUT2D eigenvalue weighted by atomic mass is 32.1. The van der Waals surface area contributed by atoms with Gasteiger partial charge in [-0.15, -0.1) is 0 Å². The van der Waals surface area contributed by atoms with Gasteiger partial charge in [-0.2, -0.15) is 0 Å². The highest BCUT2D eigenvalue weighted by Crippen LogP contribution is 2.21. The maximum atomic E-state index is 11.2. The lowest BCUT2D eigenvalue weighted by atomic mass is 10.0. The van der Waals surface area contributed by atoms with Crippen LogP contribution in [0.1, 0.15) is 25.3 Å². The highest BCUT2D eigenvalue weighted by Gasteiger charge is 2.04. The summed E-state index contributed by atoms with van der Waals surface area (Å²) in [5.74, 6) is 0.515. The van der Waals surface area contributed by atoms with Gasteiger partial charge in [0.15, 0.2) is 0 Å². The molecule has 68 valence electrons. The van der Waals surface area contributed by atoms with E-state index in [1.54, 1.807) is 0 Å². The molecule has 3 heteroatoms. The number of H-pyrrole nitrogens is 1. The number of aromatic nitrogens is 1. The highest BCUT2D eigenvalue weighted by molar-refractivity contribution is 7.13. The molecule has 2 rings (SSSR count). The minimum atomic E-state index is 0.0234. The molecule has 0 unspecified atom stereocenters. The van der Waals surface area contributed by atoms with Crippen molar-refractivity contribution < 1.29 is 0 Å². The van der Waals surface area contributed by atoms with E-state index >= 15 is 0 Å². The van der Waals surface area contributed by atoms with Gasteiger partial charge in [-0.05, 0) is 23.6 Å². The van der Waals surface area contributed by atoms with Crippen molar-refractivity contribution >= 4 is 21.6 Å². The average molecular weight is 193 g/mol. The summed E-state index contributed by atoms with van der Waals surface area (Å²) in [6.45, 7) is 4.30. The van der Waals surface area contributed by atoms with E-state index in [4.69, 9.17) is 0 Å². The molecule has 0 fully saturated rings. The molecular formula is C10H11NOS. The Morgan fingerprint density at radius 3 is 2.85 bits per heavy atom. The Labute approximate surface area is 80.4 Å². The number of nitrogens with one attached hydrogen (secondary N) is 1. The number of aromatic amines is 1. The predicted octanol–water partition coefficient (Wildman–Crippen LogP) is 2.71. The predicted molar refractivity (Wildman–Crippen MR) is 56.5 cm³/mol. The maximum Gasteiger partial charge on any atom is 0.265 e. The Balaban J connectivity index is 2.70. The number of benzene rings is 1. The van der Waals surface area contributed by atoms with Crippen molar-refractivity contribution in [2.24, 2.45) is 0 Å². The van der Waals surface area contributed by atoms with E-state index in [1.165, 1.54) is 17.1 Å². The van der Waals surface area contributed by atoms with Crippen molar-refractivity contribution in [3.8, 4) is 0 Å². The van der Waals surface area contributed by atoms with Crippen molar-refractivity contribution in [2.45, 2.75) is 19.8 Å². The molecule has 0 spiro atoms. The zero-order valence-corrected chi connectivity index (χ0v) is 8.44. The van der Waals surface area contributed by atoms with Gasteiger partial charge in [-0.25, -0.2) is 0 Å². The van der Waals surface area contributed by atoms with E-state index in [-0.39, 0.29) is 5.56 Å². The van der Waals surface area contributed by atoms with E-state index in [2.05, 4.69) is 24.3 Å². The fourth-order valence-electron chi connectivity index (χ4n) is 1.33. The first-order valence-corrected chi connectivity index (χ1v) is 5.11. The van der Waals surface area contributed by atoms with E-state index in [9.17, 15) is 4.79 Å². The molecular weight excluding hydrogens is 182 g/mol. The van der Waals surface area contributed by atoms with Crippen LogP contribution in [-0.2, 0) is 0 Å². The van der Waals surface area contributed by atoms with Gasteiger partial charge in [0, 0.05) is 0 Å². The Hall–Kier alpha value is -1.09. The molecule has 0 amide bonds. The standard InChI is InChI=1S/C10H11NOS/c1-6(2)7-3-4-8-9(5-7)13-11-10(8)12/h3-6H,1-2H3,(H,11,12). The summed E-state index contributed by atoms with van der Waals surface area (Å²) in [5.41, 5.74) is 1.30. The van der Waals surface area contributed by atoms with E-state index in [0.717, 1.165) is 10.1 Å². The molecule has 1 aromatic carbocycles. The molecule has 2 aromatic rings. The first-order valence-electron chi connectivity index (χ1n) is 4.29. The number of rotatable bonds is 1. The summed E-state index contributed by atoms with van der Waals surface area (Å²) in [5, 5.41) is 0.800. The fourth-order valence-corrected chi connectivity index (χ4v) is 2.10. The average Bonchev–Trinajstić information content (AvgIpc) is 2.47. The largest absolute Gasteiger partial charge is 0.277 e. The van der Waals surface area contributed by atoms with E-state index < -0.39 is 0 Å². The normalized spacial score (nSPS) is 11.3. The van der Waals surface area contributed by atoms with Crippen molar-refractivity contribution in [3.05, 3.63) is 34.1 Å². The van der Waals surface area contributed by atoms with Crippen LogP contribution in [0.5, 0.6) is 0 Å². The second-order valence-corrected chi connectivity index (χ2v) is 4.29. The molecule has 1 N–H and O–H groups in total.